The lowest BCUT2D eigenvalue weighted by molar-refractivity contribution is -0.147. The van der Waals surface area contributed by atoms with Gasteiger partial charge in [-0.15, -0.1) is 0 Å². The first kappa shape index (κ1) is 29.5. The SMILES string of the molecule is CC(C)CN(CC(N)=O)C(=O)CC1CN(Cc2ccccc2)C(=O)[C@H](Cc2ccccc2)N1C(=O)c1ccccc1. The van der Waals surface area contributed by atoms with E-state index in [0.717, 1.165) is 11.1 Å². The van der Waals surface area contributed by atoms with Gasteiger partial charge in [0.1, 0.15) is 6.04 Å². The average Bonchev–Trinajstić information content (AvgIpc) is 2.96. The van der Waals surface area contributed by atoms with Crippen molar-refractivity contribution in [2.75, 3.05) is 19.6 Å². The van der Waals surface area contributed by atoms with Crippen molar-refractivity contribution < 1.29 is 19.2 Å². The van der Waals surface area contributed by atoms with E-state index in [-0.39, 0.29) is 43.1 Å². The van der Waals surface area contributed by atoms with Crippen LogP contribution in [0.1, 0.15) is 41.8 Å². The highest BCUT2D eigenvalue weighted by Gasteiger charge is 2.44. The van der Waals surface area contributed by atoms with Crippen molar-refractivity contribution in [3.8, 4) is 0 Å². The monoisotopic (exact) mass is 554 g/mol. The Bertz CT molecular complexity index is 1330. The minimum absolute atomic E-state index is 0.0393. The lowest BCUT2D eigenvalue weighted by Gasteiger charge is -2.46. The third-order valence-electron chi connectivity index (χ3n) is 7.20. The maximum Gasteiger partial charge on any atom is 0.254 e. The number of nitrogens with zero attached hydrogens (tertiary/aromatic N) is 3. The second kappa shape index (κ2) is 13.7. The van der Waals surface area contributed by atoms with Gasteiger partial charge in [-0.25, -0.2) is 0 Å². The Morgan fingerprint density at radius 3 is 2.00 bits per heavy atom. The molecule has 8 heteroatoms. The minimum atomic E-state index is -0.810. The van der Waals surface area contributed by atoms with E-state index >= 15 is 0 Å². The third-order valence-corrected chi connectivity index (χ3v) is 7.20. The molecule has 1 heterocycles. The number of nitrogens with two attached hydrogens (primary N) is 1. The van der Waals surface area contributed by atoms with Gasteiger partial charge in [0.2, 0.25) is 17.7 Å². The Morgan fingerprint density at radius 1 is 0.878 bits per heavy atom. The van der Waals surface area contributed by atoms with Gasteiger partial charge in [-0.3, -0.25) is 19.2 Å². The van der Waals surface area contributed by atoms with Gasteiger partial charge < -0.3 is 20.4 Å². The van der Waals surface area contributed by atoms with Crippen molar-refractivity contribution >= 4 is 23.6 Å². The fraction of sp³-hybridized carbons (Fsp3) is 0.333. The van der Waals surface area contributed by atoms with E-state index in [1.807, 2.05) is 80.6 Å². The summed E-state index contributed by atoms with van der Waals surface area (Å²) in [5.74, 6) is -1.22. The molecule has 2 atom stereocenters. The molecule has 1 aliphatic heterocycles. The number of amides is 4. The van der Waals surface area contributed by atoms with E-state index in [1.165, 1.54) is 4.90 Å². The van der Waals surface area contributed by atoms with Crippen molar-refractivity contribution in [3.63, 3.8) is 0 Å². The molecule has 2 N–H and O–H groups in total. The Kier molecular flexibility index (Phi) is 9.90. The molecule has 4 rings (SSSR count). The summed E-state index contributed by atoms with van der Waals surface area (Å²) in [6.07, 6.45) is 0.271. The zero-order chi connectivity index (χ0) is 29.4. The highest BCUT2D eigenvalue weighted by Crippen LogP contribution is 2.27. The van der Waals surface area contributed by atoms with Gasteiger partial charge in [0.05, 0.1) is 12.6 Å². The number of carbonyl (C=O) groups is 4. The smallest absolute Gasteiger partial charge is 0.254 e. The van der Waals surface area contributed by atoms with E-state index < -0.39 is 18.0 Å². The minimum Gasteiger partial charge on any atom is -0.368 e. The number of piperazine rings is 1. The van der Waals surface area contributed by atoms with Crippen molar-refractivity contribution in [2.45, 2.75) is 45.3 Å². The summed E-state index contributed by atoms with van der Waals surface area (Å²) in [5.41, 5.74) is 7.80. The van der Waals surface area contributed by atoms with Crippen LogP contribution < -0.4 is 5.73 Å². The van der Waals surface area contributed by atoms with Crippen LogP contribution in [0.2, 0.25) is 0 Å². The van der Waals surface area contributed by atoms with Gasteiger partial charge in [0.25, 0.3) is 5.91 Å². The Balaban J connectivity index is 1.74. The highest BCUT2D eigenvalue weighted by molar-refractivity contribution is 5.99. The number of hydrogen-bond donors (Lipinski definition) is 1. The normalized spacial score (nSPS) is 17.0. The van der Waals surface area contributed by atoms with Crippen molar-refractivity contribution in [1.29, 1.82) is 0 Å². The van der Waals surface area contributed by atoms with E-state index in [4.69, 9.17) is 5.73 Å². The molecule has 41 heavy (non-hydrogen) atoms. The zero-order valence-corrected chi connectivity index (χ0v) is 23.7. The second-order valence-corrected chi connectivity index (χ2v) is 11.0. The Hall–Kier alpha value is -4.46. The van der Waals surface area contributed by atoms with Gasteiger partial charge in [-0.05, 0) is 29.2 Å². The first-order valence-corrected chi connectivity index (χ1v) is 14.0. The van der Waals surface area contributed by atoms with E-state index in [1.54, 1.807) is 34.1 Å². The highest BCUT2D eigenvalue weighted by atomic mass is 16.2. The van der Waals surface area contributed by atoms with Crippen LogP contribution in [0.5, 0.6) is 0 Å². The Labute approximate surface area is 241 Å². The lowest BCUT2D eigenvalue weighted by Crippen LogP contribution is -2.64. The van der Waals surface area contributed by atoms with E-state index in [0.29, 0.717) is 25.1 Å². The fourth-order valence-corrected chi connectivity index (χ4v) is 5.40. The quantitative estimate of drug-likeness (QED) is 0.392. The topological polar surface area (TPSA) is 104 Å². The molecule has 1 unspecified atom stereocenters. The van der Waals surface area contributed by atoms with Crippen LogP contribution in [-0.2, 0) is 27.3 Å². The van der Waals surface area contributed by atoms with Crippen LogP contribution in [0, 0.1) is 5.92 Å². The average molecular weight is 555 g/mol. The summed E-state index contributed by atoms with van der Waals surface area (Å²) >= 11 is 0. The summed E-state index contributed by atoms with van der Waals surface area (Å²) in [7, 11) is 0. The first-order valence-electron chi connectivity index (χ1n) is 14.0. The van der Waals surface area contributed by atoms with Gasteiger partial charge in [-0.2, -0.15) is 0 Å². The van der Waals surface area contributed by atoms with Crippen LogP contribution in [0.3, 0.4) is 0 Å². The molecule has 1 aliphatic rings. The number of carbonyl (C=O) groups excluding carboxylic acids is 4. The molecule has 214 valence electrons. The molecular weight excluding hydrogens is 516 g/mol. The van der Waals surface area contributed by atoms with Gasteiger partial charge >= 0.3 is 0 Å². The van der Waals surface area contributed by atoms with Gasteiger partial charge in [0, 0.05) is 38.0 Å². The maximum absolute atomic E-state index is 14.1. The van der Waals surface area contributed by atoms with Gasteiger partial charge in [-0.1, -0.05) is 92.7 Å². The van der Waals surface area contributed by atoms with Crippen LogP contribution in [-0.4, -0.2) is 70.0 Å². The molecule has 1 saturated heterocycles. The summed E-state index contributed by atoms with van der Waals surface area (Å²) < 4.78 is 0. The van der Waals surface area contributed by atoms with Crippen LogP contribution in [0.25, 0.3) is 0 Å². The third kappa shape index (κ3) is 7.81. The molecule has 0 aromatic heterocycles. The molecule has 1 fully saturated rings. The van der Waals surface area contributed by atoms with E-state index in [2.05, 4.69) is 0 Å². The second-order valence-electron chi connectivity index (χ2n) is 11.0. The van der Waals surface area contributed by atoms with E-state index in [9.17, 15) is 19.2 Å². The molecule has 0 spiro atoms. The molecule has 0 aliphatic carbocycles. The number of hydrogen-bond acceptors (Lipinski definition) is 4. The fourth-order valence-electron chi connectivity index (χ4n) is 5.40. The number of rotatable bonds is 11. The predicted molar refractivity (Wildman–Crippen MR) is 157 cm³/mol. The van der Waals surface area contributed by atoms with Crippen LogP contribution >= 0.6 is 0 Å². The predicted octanol–water partition coefficient (Wildman–Crippen LogP) is 3.51. The Morgan fingerprint density at radius 2 is 1.44 bits per heavy atom. The first-order chi connectivity index (χ1) is 19.7. The van der Waals surface area contributed by atoms with Gasteiger partial charge in [0.15, 0.2) is 0 Å². The summed E-state index contributed by atoms with van der Waals surface area (Å²) in [6.45, 7) is 4.64. The summed E-state index contributed by atoms with van der Waals surface area (Å²) in [5, 5.41) is 0. The molecule has 3 aromatic carbocycles. The molecule has 4 amide bonds. The lowest BCUT2D eigenvalue weighted by atomic mass is 9.94. The van der Waals surface area contributed by atoms with Crippen LogP contribution in [0.15, 0.2) is 91.0 Å². The summed E-state index contributed by atoms with van der Waals surface area (Å²) in [4.78, 5) is 58.5. The number of primary amides is 1. The molecular formula is C33H38N4O4. The molecule has 8 nitrogen and oxygen atoms in total. The molecule has 0 bridgehead atoms. The van der Waals surface area contributed by atoms with Crippen molar-refractivity contribution in [2.24, 2.45) is 11.7 Å². The number of benzene rings is 3. The van der Waals surface area contributed by atoms with Crippen molar-refractivity contribution in [3.05, 3.63) is 108 Å². The standard InChI is InChI=1S/C33H38N4O4/c1-24(2)20-35(23-30(34)38)31(39)19-28-22-36(21-26-14-8-4-9-15-26)33(41)29(18-25-12-6-3-7-13-25)37(28)32(40)27-16-10-5-11-17-27/h3-17,24,28-29H,18-23H2,1-2H3,(H2,34,38)/t28?,29-/m0/s1. The zero-order valence-electron chi connectivity index (χ0n) is 23.7. The van der Waals surface area contributed by atoms with Crippen molar-refractivity contribution in [1.82, 2.24) is 14.7 Å². The maximum atomic E-state index is 14.1. The largest absolute Gasteiger partial charge is 0.368 e. The summed E-state index contributed by atoms with van der Waals surface area (Å²) in [6, 6.07) is 26.7. The molecule has 3 aromatic rings. The van der Waals surface area contributed by atoms with Crippen LogP contribution in [0.4, 0.5) is 0 Å². The molecule has 0 saturated carbocycles. The molecule has 0 radical (unpaired) electrons.